The van der Waals surface area contributed by atoms with Gasteiger partial charge in [-0.1, -0.05) is 41.4 Å². The Morgan fingerprint density at radius 1 is 1.00 bits per heavy atom. The third-order valence-electron chi connectivity index (χ3n) is 2.88. The van der Waals surface area contributed by atoms with Gasteiger partial charge in [-0.05, 0) is 51.3 Å². The molecule has 0 heterocycles. The van der Waals surface area contributed by atoms with Crippen LogP contribution in [0.2, 0.25) is 10.0 Å². The number of nitrogens with two attached hydrogens (primary N) is 1. The first kappa shape index (κ1) is 14.8. The zero-order chi connectivity index (χ0) is 14.0. The van der Waals surface area contributed by atoms with Crippen molar-refractivity contribution in [1.82, 2.24) is 0 Å². The highest BCUT2D eigenvalue weighted by Crippen LogP contribution is 2.31. The molecule has 2 atom stereocenters. The minimum Gasteiger partial charge on any atom is -0.386 e. The number of halogens is 3. The molecule has 3 N–H and O–H groups in total. The van der Waals surface area contributed by atoms with E-state index in [1.807, 2.05) is 0 Å². The Balaban J connectivity index is 2.25. The Morgan fingerprint density at radius 2 is 1.58 bits per heavy atom. The summed E-state index contributed by atoms with van der Waals surface area (Å²) in [6.07, 6.45) is -0.827. The van der Waals surface area contributed by atoms with Gasteiger partial charge in [-0.3, -0.25) is 0 Å². The van der Waals surface area contributed by atoms with Crippen LogP contribution in [0.4, 0.5) is 0 Å². The molecular weight excluding hydrogens is 349 g/mol. The lowest BCUT2D eigenvalue weighted by molar-refractivity contribution is 0.147. The molecule has 0 aliphatic rings. The summed E-state index contributed by atoms with van der Waals surface area (Å²) in [5.74, 6) is 0. The largest absolute Gasteiger partial charge is 0.386 e. The van der Waals surface area contributed by atoms with E-state index in [1.54, 1.807) is 42.5 Å². The van der Waals surface area contributed by atoms with Crippen molar-refractivity contribution < 1.29 is 5.11 Å². The first-order valence-electron chi connectivity index (χ1n) is 5.63. The van der Waals surface area contributed by atoms with E-state index >= 15 is 0 Å². The van der Waals surface area contributed by atoms with Crippen molar-refractivity contribution in [3.8, 4) is 0 Å². The normalized spacial score (nSPS) is 14.2. The van der Waals surface area contributed by atoms with E-state index in [2.05, 4.69) is 15.9 Å². The van der Waals surface area contributed by atoms with E-state index in [1.165, 1.54) is 0 Å². The highest BCUT2D eigenvalue weighted by molar-refractivity contribution is 9.10. The first-order chi connectivity index (χ1) is 8.99. The van der Waals surface area contributed by atoms with Crippen molar-refractivity contribution in [2.45, 2.75) is 12.1 Å². The number of aliphatic hydroxyl groups is 1. The minimum atomic E-state index is -0.827. The smallest absolute Gasteiger partial charge is 0.0983 e. The van der Waals surface area contributed by atoms with Gasteiger partial charge in [-0.25, -0.2) is 0 Å². The molecule has 2 nitrogen and oxygen atoms in total. The quantitative estimate of drug-likeness (QED) is 0.847. The van der Waals surface area contributed by atoms with E-state index in [-0.39, 0.29) is 0 Å². The van der Waals surface area contributed by atoms with Crippen LogP contribution in [0.3, 0.4) is 0 Å². The lowest BCUT2D eigenvalue weighted by atomic mass is 9.97. The van der Waals surface area contributed by atoms with Crippen LogP contribution in [0, 0.1) is 0 Å². The fourth-order valence-electron chi connectivity index (χ4n) is 1.77. The molecule has 100 valence electrons. The lowest BCUT2D eigenvalue weighted by Crippen LogP contribution is -2.19. The second kappa shape index (κ2) is 6.25. The van der Waals surface area contributed by atoms with Gasteiger partial charge in [-0.15, -0.1) is 0 Å². The van der Waals surface area contributed by atoms with Gasteiger partial charge in [0, 0.05) is 9.50 Å². The molecule has 2 aromatic rings. The molecule has 0 saturated carbocycles. The van der Waals surface area contributed by atoms with Gasteiger partial charge in [0.15, 0.2) is 0 Å². The summed E-state index contributed by atoms with van der Waals surface area (Å²) < 4.78 is 0.783. The average molecular weight is 361 g/mol. The van der Waals surface area contributed by atoms with Gasteiger partial charge in [0.25, 0.3) is 0 Å². The van der Waals surface area contributed by atoms with Crippen molar-refractivity contribution in [1.29, 1.82) is 0 Å². The summed E-state index contributed by atoms with van der Waals surface area (Å²) in [5, 5.41) is 11.5. The second-order valence-corrected chi connectivity index (χ2v) is 5.89. The van der Waals surface area contributed by atoms with Crippen molar-refractivity contribution in [2.75, 3.05) is 0 Å². The Hall–Kier alpha value is -0.580. The molecule has 2 aromatic carbocycles. The van der Waals surface area contributed by atoms with E-state index < -0.39 is 12.1 Å². The van der Waals surface area contributed by atoms with Gasteiger partial charge in [-0.2, -0.15) is 0 Å². The van der Waals surface area contributed by atoms with Crippen molar-refractivity contribution in [2.24, 2.45) is 5.73 Å². The highest BCUT2D eigenvalue weighted by atomic mass is 79.9. The molecule has 0 fully saturated rings. The maximum Gasteiger partial charge on any atom is 0.0983 e. The van der Waals surface area contributed by atoms with E-state index in [4.69, 9.17) is 28.9 Å². The zero-order valence-electron chi connectivity index (χ0n) is 9.85. The Labute approximate surface area is 130 Å². The third-order valence-corrected chi connectivity index (χ3v) is 4.36. The van der Waals surface area contributed by atoms with Crippen LogP contribution in [0.5, 0.6) is 0 Å². The van der Waals surface area contributed by atoms with Crippen LogP contribution >= 0.6 is 39.1 Å². The van der Waals surface area contributed by atoms with Gasteiger partial charge >= 0.3 is 0 Å². The van der Waals surface area contributed by atoms with Crippen molar-refractivity contribution in [3.05, 3.63) is 68.1 Å². The zero-order valence-corrected chi connectivity index (χ0v) is 13.0. The molecule has 2 rings (SSSR count). The highest BCUT2D eigenvalue weighted by Gasteiger charge is 2.19. The lowest BCUT2D eigenvalue weighted by Gasteiger charge is -2.20. The maximum absolute atomic E-state index is 10.3. The van der Waals surface area contributed by atoms with Crippen LogP contribution in [-0.2, 0) is 0 Å². The monoisotopic (exact) mass is 359 g/mol. The van der Waals surface area contributed by atoms with Crippen LogP contribution in [0.1, 0.15) is 23.3 Å². The fourth-order valence-corrected chi connectivity index (χ4v) is 2.33. The first-order valence-corrected chi connectivity index (χ1v) is 7.18. The molecular formula is C14H12BrCl2NO. The molecule has 19 heavy (non-hydrogen) atoms. The number of hydrogen-bond acceptors (Lipinski definition) is 2. The second-order valence-electron chi connectivity index (χ2n) is 4.20. The number of hydrogen-bond donors (Lipinski definition) is 2. The standard InChI is InChI=1S/C14H12BrCl2NO/c15-11-6-3-9(7-12(11)17)14(19)13(18)8-1-4-10(16)5-2-8/h1-7,13-14,19H,18H2/t13-,14-/m1/s1. The van der Waals surface area contributed by atoms with Crippen LogP contribution in [0.25, 0.3) is 0 Å². The van der Waals surface area contributed by atoms with Crippen molar-refractivity contribution >= 4 is 39.1 Å². The number of aliphatic hydroxyl groups excluding tert-OH is 1. The molecule has 0 radical (unpaired) electrons. The Bertz CT molecular complexity index is 574. The number of benzene rings is 2. The summed E-state index contributed by atoms with van der Waals surface area (Å²) in [6.45, 7) is 0. The van der Waals surface area contributed by atoms with Crippen LogP contribution < -0.4 is 5.73 Å². The average Bonchev–Trinajstić information content (AvgIpc) is 2.41. The Morgan fingerprint density at radius 3 is 2.16 bits per heavy atom. The summed E-state index contributed by atoms with van der Waals surface area (Å²) >= 11 is 15.1. The molecule has 0 aromatic heterocycles. The summed E-state index contributed by atoms with van der Waals surface area (Å²) in [4.78, 5) is 0. The Kier molecular flexibility index (Phi) is 4.87. The van der Waals surface area contributed by atoms with E-state index in [0.29, 0.717) is 15.6 Å². The summed E-state index contributed by atoms with van der Waals surface area (Å²) in [7, 11) is 0. The van der Waals surface area contributed by atoms with Crippen LogP contribution in [-0.4, -0.2) is 5.11 Å². The van der Waals surface area contributed by atoms with Gasteiger partial charge < -0.3 is 10.8 Å². The molecule has 5 heteroatoms. The predicted molar refractivity (Wildman–Crippen MR) is 82.5 cm³/mol. The SMILES string of the molecule is N[C@H](c1ccc(Cl)cc1)[C@H](O)c1ccc(Br)c(Cl)c1. The maximum atomic E-state index is 10.3. The van der Waals surface area contributed by atoms with Crippen molar-refractivity contribution in [3.63, 3.8) is 0 Å². The van der Waals surface area contributed by atoms with Crippen LogP contribution in [0.15, 0.2) is 46.9 Å². The molecule has 0 spiro atoms. The van der Waals surface area contributed by atoms with Gasteiger partial charge in [0.05, 0.1) is 17.2 Å². The third kappa shape index (κ3) is 3.50. The minimum absolute atomic E-state index is 0.533. The van der Waals surface area contributed by atoms with Gasteiger partial charge in [0.2, 0.25) is 0 Å². The molecule has 0 unspecified atom stereocenters. The van der Waals surface area contributed by atoms with E-state index in [0.717, 1.165) is 10.0 Å². The molecule has 0 bridgehead atoms. The predicted octanol–water partition coefficient (Wildman–Crippen LogP) is 4.49. The topological polar surface area (TPSA) is 46.2 Å². The number of rotatable bonds is 3. The molecule has 0 saturated heterocycles. The summed E-state index contributed by atoms with van der Waals surface area (Å²) in [6, 6.07) is 11.8. The molecule has 0 amide bonds. The molecule has 0 aliphatic heterocycles. The molecule has 0 aliphatic carbocycles. The van der Waals surface area contributed by atoms with Gasteiger partial charge in [0.1, 0.15) is 0 Å². The summed E-state index contributed by atoms with van der Waals surface area (Å²) in [5.41, 5.74) is 7.55. The fraction of sp³-hybridized carbons (Fsp3) is 0.143. The van der Waals surface area contributed by atoms with E-state index in [9.17, 15) is 5.11 Å².